The topological polar surface area (TPSA) is 63.6 Å². The lowest BCUT2D eigenvalue weighted by Gasteiger charge is -2.16. The summed E-state index contributed by atoms with van der Waals surface area (Å²) >= 11 is 0. The van der Waals surface area contributed by atoms with Crippen LogP contribution >= 0.6 is 0 Å². The van der Waals surface area contributed by atoms with Gasteiger partial charge in [0.25, 0.3) is 0 Å². The van der Waals surface area contributed by atoms with Gasteiger partial charge in [0.2, 0.25) is 9.84 Å². The van der Waals surface area contributed by atoms with Gasteiger partial charge in [-0.05, 0) is 25.0 Å². The summed E-state index contributed by atoms with van der Waals surface area (Å²) in [5.74, 6) is 0. The average molecular weight is 242 g/mol. The summed E-state index contributed by atoms with van der Waals surface area (Å²) in [5.41, 5.74) is 0. The summed E-state index contributed by atoms with van der Waals surface area (Å²) in [5, 5.41) is 8.67. The zero-order valence-corrected chi connectivity index (χ0v) is 9.61. The predicted molar refractivity (Wildman–Crippen MR) is 58.6 cm³/mol. The number of sulfone groups is 1. The van der Waals surface area contributed by atoms with Crippen LogP contribution in [-0.4, -0.2) is 31.7 Å². The van der Waals surface area contributed by atoms with Crippen LogP contribution in [0.3, 0.4) is 0 Å². The third kappa shape index (κ3) is 1.86. The molecule has 0 bridgehead atoms. The maximum Gasteiger partial charge on any atom is 0.208 e. The fourth-order valence-electron chi connectivity index (χ4n) is 1.64. The minimum atomic E-state index is -3.43. The highest BCUT2D eigenvalue weighted by Crippen LogP contribution is 2.47. The van der Waals surface area contributed by atoms with Gasteiger partial charge in [-0.3, -0.25) is 0 Å². The monoisotopic (exact) mass is 242 g/mol. The lowest BCUT2D eigenvalue weighted by atomic mass is 10.4. The Kier molecular flexibility index (Phi) is 3.01. The molecule has 0 atom stereocenters. The van der Waals surface area contributed by atoms with E-state index in [1.807, 2.05) is 0 Å². The lowest BCUT2D eigenvalue weighted by Crippen LogP contribution is -2.28. The van der Waals surface area contributed by atoms with Gasteiger partial charge >= 0.3 is 0 Å². The molecule has 4 nitrogen and oxygen atoms in total. The van der Waals surface area contributed by atoms with Crippen molar-refractivity contribution in [3.05, 3.63) is 30.3 Å². The van der Waals surface area contributed by atoms with Crippen molar-refractivity contribution in [3.63, 3.8) is 0 Å². The molecule has 0 radical (unpaired) electrons. The first kappa shape index (κ1) is 11.6. The van der Waals surface area contributed by atoms with Crippen molar-refractivity contribution in [2.75, 3.05) is 13.2 Å². The van der Waals surface area contributed by atoms with Gasteiger partial charge in [-0.1, -0.05) is 18.2 Å². The maximum atomic E-state index is 12.2. The first-order valence-electron chi connectivity index (χ1n) is 5.17. The summed E-state index contributed by atoms with van der Waals surface area (Å²) < 4.78 is 29.7. The van der Waals surface area contributed by atoms with Crippen molar-refractivity contribution in [1.29, 1.82) is 0 Å². The summed E-state index contributed by atoms with van der Waals surface area (Å²) in [7, 11) is -3.43. The molecule has 0 unspecified atom stereocenters. The van der Waals surface area contributed by atoms with Gasteiger partial charge < -0.3 is 9.84 Å². The molecule has 1 aromatic rings. The number of hydrogen-bond acceptors (Lipinski definition) is 4. The zero-order valence-electron chi connectivity index (χ0n) is 8.80. The molecule has 0 aromatic heterocycles. The van der Waals surface area contributed by atoms with Crippen LogP contribution < -0.4 is 0 Å². The van der Waals surface area contributed by atoms with Gasteiger partial charge in [0.15, 0.2) is 4.93 Å². The van der Waals surface area contributed by atoms with E-state index in [1.165, 1.54) is 0 Å². The average Bonchev–Trinajstić information content (AvgIpc) is 3.09. The standard InChI is InChI=1S/C11H14O4S/c12-8-9-15-11(6-7-11)16(13,14)10-4-2-1-3-5-10/h1-5,12H,6-9H2. The van der Waals surface area contributed by atoms with Crippen LogP contribution in [0.15, 0.2) is 35.2 Å². The molecule has 1 saturated carbocycles. The van der Waals surface area contributed by atoms with Crippen LogP contribution in [0.4, 0.5) is 0 Å². The smallest absolute Gasteiger partial charge is 0.208 e. The van der Waals surface area contributed by atoms with E-state index in [2.05, 4.69) is 0 Å². The van der Waals surface area contributed by atoms with Crippen LogP contribution in [0.2, 0.25) is 0 Å². The van der Waals surface area contributed by atoms with E-state index in [4.69, 9.17) is 9.84 Å². The molecule has 0 amide bonds. The Morgan fingerprint density at radius 2 is 1.88 bits per heavy atom. The van der Waals surface area contributed by atoms with Gasteiger partial charge in [-0.25, -0.2) is 8.42 Å². The summed E-state index contributed by atoms with van der Waals surface area (Å²) in [6.07, 6.45) is 1.01. The molecule has 0 spiro atoms. The van der Waals surface area contributed by atoms with Gasteiger partial charge in [0, 0.05) is 0 Å². The van der Waals surface area contributed by atoms with E-state index in [1.54, 1.807) is 30.3 Å². The van der Waals surface area contributed by atoms with Gasteiger partial charge in [-0.2, -0.15) is 0 Å². The highest BCUT2D eigenvalue weighted by molar-refractivity contribution is 7.93. The van der Waals surface area contributed by atoms with Crippen molar-refractivity contribution in [2.45, 2.75) is 22.7 Å². The predicted octanol–water partition coefficient (Wildman–Crippen LogP) is 0.959. The van der Waals surface area contributed by atoms with Crippen molar-refractivity contribution in [1.82, 2.24) is 0 Å². The molecule has 0 aliphatic heterocycles. The maximum absolute atomic E-state index is 12.2. The second-order valence-electron chi connectivity index (χ2n) is 3.80. The third-order valence-electron chi connectivity index (χ3n) is 2.66. The lowest BCUT2D eigenvalue weighted by molar-refractivity contribution is 0.0571. The number of ether oxygens (including phenoxy) is 1. The first-order chi connectivity index (χ1) is 7.62. The fourth-order valence-corrected chi connectivity index (χ4v) is 3.46. The number of aliphatic hydroxyl groups is 1. The molecule has 1 aliphatic carbocycles. The largest absolute Gasteiger partial charge is 0.394 e. The van der Waals surface area contributed by atoms with Gasteiger partial charge in [0.05, 0.1) is 18.1 Å². The molecule has 1 aliphatic rings. The highest BCUT2D eigenvalue weighted by atomic mass is 32.2. The van der Waals surface area contributed by atoms with E-state index < -0.39 is 14.8 Å². The number of benzene rings is 1. The van der Waals surface area contributed by atoms with Gasteiger partial charge in [0.1, 0.15) is 0 Å². The molecular weight excluding hydrogens is 228 g/mol. The van der Waals surface area contributed by atoms with Gasteiger partial charge in [-0.15, -0.1) is 0 Å². The molecular formula is C11H14O4S. The van der Waals surface area contributed by atoms with Crippen LogP contribution in [-0.2, 0) is 14.6 Å². The van der Waals surface area contributed by atoms with Crippen LogP contribution in [0.1, 0.15) is 12.8 Å². The van der Waals surface area contributed by atoms with E-state index in [0.29, 0.717) is 12.8 Å². The number of aliphatic hydroxyl groups excluding tert-OH is 1. The molecule has 2 rings (SSSR count). The van der Waals surface area contributed by atoms with Crippen LogP contribution in [0, 0.1) is 0 Å². The Morgan fingerprint density at radius 1 is 1.25 bits per heavy atom. The second-order valence-corrected chi connectivity index (χ2v) is 6.02. The second kappa shape index (κ2) is 4.16. The quantitative estimate of drug-likeness (QED) is 0.835. The molecule has 1 fully saturated rings. The Morgan fingerprint density at radius 3 is 2.38 bits per heavy atom. The molecule has 0 heterocycles. The van der Waals surface area contributed by atoms with Crippen molar-refractivity contribution in [3.8, 4) is 0 Å². The first-order valence-corrected chi connectivity index (χ1v) is 6.65. The SMILES string of the molecule is O=S(=O)(c1ccccc1)C1(OCCO)CC1. The van der Waals surface area contributed by atoms with E-state index in [9.17, 15) is 8.42 Å². The molecule has 1 N–H and O–H groups in total. The summed E-state index contributed by atoms with van der Waals surface area (Å²) in [4.78, 5) is -0.803. The van der Waals surface area contributed by atoms with Crippen LogP contribution in [0.5, 0.6) is 0 Å². The van der Waals surface area contributed by atoms with Crippen LogP contribution in [0.25, 0.3) is 0 Å². The van der Waals surface area contributed by atoms with E-state index >= 15 is 0 Å². The van der Waals surface area contributed by atoms with E-state index in [-0.39, 0.29) is 18.1 Å². The third-order valence-corrected chi connectivity index (χ3v) is 5.06. The number of hydrogen-bond donors (Lipinski definition) is 1. The number of rotatable bonds is 5. The molecule has 5 heteroatoms. The van der Waals surface area contributed by atoms with Crippen molar-refractivity contribution in [2.24, 2.45) is 0 Å². The van der Waals surface area contributed by atoms with Crippen molar-refractivity contribution >= 4 is 9.84 Å². The Hall–Kier alpha value is -0.910. The Balaban J connectivity index is 2.27. The Bertz CT molecular complexity index is 448. The highest BCUT2D eigenvalue weighted by Gasteiger charge is 2.56. The summed E-state index contributed by atoms with van der Waals surface area (Å²) in [6.45, 7) is -0.0991. The van der Waals surface area contributed by atoms with Crippen molar-refractivity contribution < 1.29 is 18.3 Å². The molecule has 1 aromatic carbocycles. The minimum absolute atomic E-state index is 0.0616. The Labute approximate surface area is 94.8 Å². The fraction of sp³-hybridized carbons (Fsp3) is 0.455. The molecule has 88 valence electrons. The molecule has 16 heavy (non-hydrogen) atoms. The minimum Gasteiger partial charge on any atom is -0.394 e. The normalized spacial score (nSPS) is 18.3. The zero-order chi connectivity index (χ0) is 11.6. The molecule has 0 saturated heterocycles. The summed E-state index contributed by atoms with van der Waals surface area (Å²) in [6, 6.07) is 8.28. The van der Waals surface area contributed by atoms with E-state index in [0.717, 1.165) is 0 Å².